The van der Waals surface area contributed by atoms with Crippen LogP contribution in [0.25, 0.3) is 0 Å². The molecule has 2 amide bonds. The standard InChI is InChI=1S/C23H26BrF3N4O3/c1-14-13-30(21(33)34-22(2,3)4)9-10-31(14)19-8-5-15(12-28-19)20(32)29-16-6-7-18(24)17(11-16)23(25,26)27/h5-8,11-12,14H,9-10,13H2,1-4H3,(H,29,32). The first-order valence-corrected chi connectivity index (χ1v) is 11.4. The van der Waals surface area contributed by atoms with Crippen molar-refractivity contribution in [2.75, 3.05) is 29.9 Å². The lowest BCUT2D eigenvalue weighted by atomic mass is 10.1. The molecular weight excluding hydrogens is 517 g/mol. The second-order valence-corrected chi connectivity index (χ2v) is 9.87. The number of benzene rings is 1. The van der Waals surface area contributed by atoms with Gasteiger partial charge in [-0.15, -0.1) is 0 Å². The smallest absolute Gasteiger partial charge is 0.417 e. The highest BCUT2D eigenvalue weighted by molar-refractivity contribution is 9.10. The molecule has 0 bridgehead atoms. The molecule has 0 saturated carbocycles. The fourth-order valence-corrected chi connectivity index (χ4v) is 3.98. The zero-order valence-electron chi connectivity index (χ0n) is 19.2. The van der Waals surface area contributed by atoms with Gasteiger partial charge in [-0.2, -0.15) is 13.2 Å². The molecule has 1 aliphatic heterocycles. The summed E-state index contributed by atoms with van der Waals surface area (Å²) in [5.41, 5.74) is -1.21. The predicted molar refractivity (Wildman–Crippen MR) is 126 cm³/mol. The van der Waals surface area contributed by atoms with E-state index in [4.69, 9.17) is 4.74 Å². The highest BCUT2D eigenvalue weighted by Crippen LogP contribution is 2.36. The van der Waals surface area contributed by atoms with Crippen LogP contribution in [0.15, 0.2) is 41.0 Å². The fraction of sp³-hybridized carbons (Fsp3) is 0.435. The first-order chi connectivity index (χ1) is 15.7. The first kappa shape index (κ1) is 25.8. The molecule has 1 N–H and O–H groups in total. The van der Waals surface area contributed by atoms with Crippen molar-refractivity contribution < 1.29 is 27.5 Å². The minimum absolute atomic E-state index is 0.0245. The molecule has 1 fully saturated rings. The molecule has 1 aromatic heterocycles. The quantitative estimate of drug-likeness (QED) is 0.549. The van der Waals surface area contributed by atoms with Gasteiger partial charge >= 0.3 is 12.3 Å². The third-order valence-electron chi connectivity index (χ3n) is 5.11. The highest BCUT2D eigenvalue weighted by Gasteiger charge is 2.33. The summed E-state index contributed by atoms with van der Waals surface area (Å²) in [4.78, 5) is 32.9. The lowest BCUT2D eigenvalue weighted by Gasteiger charge is -2.40. The van der Waals surface area contributed by atoms with Crippen LogP contribution in [0.4, 0.5) is 29.5 Å². The average Bonchev–Trinajstić information content (AvgIpc) is 2.73. The van der Waals surface area contributed by atoms with E-state index in [1.54, 1.807) is 17.0 Å². The van der Waals surface area contributed by atoms with Gasteiger partial charge in [-0.3, -0.25) is 4.79 Å². The third-order valence-corrected chi connectivity index (χ3v) is 5.80. The summed E-state index contributed by atoms with van der Waals surface area (Å²) in [7, 11) is 0. The Morgan fingerprint density at radius 1 is 1.15 bits per heavy atom. The maximum Gasteiger partial charge on any atom is 0.417 e. The van der Waals surface area contributed by atoms with E-state index in [2.05, 4.69) is 26.2 Å². The van der Waals surface area contributed by atoms with Gasteiger partial charge < -0.3 is 19.9 Å². The lowest BCUT2D eigenvalue weighted by Crippen LogP contribution is -2.54. The van der Waals surface area contributed by atoms with E-state index in [0.29, 0.717) is 25.5 Å². The molecule has 0 radical (unpaired) electrons. The highest BCUT2D eigenvalue weighted by atomic mass is 79.9. The number of hydrogen-bond acceptors (Lipinski definition) is 5. The number of hydrogen-bond donors (Lipinski definition) is 1. The maximum atomic E-state index is 13.1. The van der Waals surface area contributed by atoms with Crippen molar-refractivity contribution in [2.45, 2.75) is 45.5 Å². The van der Waals surface area contributed by atoms with Crippen molar-refractivity contribution in [1.29, 1.82) is 0 Å². The van der Waals surface area contributed by atoms with E-state index >= 15 is 0 Å². The Morgan fingerprint density at radius 3 is 2.41 bits per heavy atom. The van der Waals surface area contributed by atoms with Gasteiger partial charge in [-0.25, -0.2) is 9.78 Å². The van der Waals surface area contributed by atoms with E-state index in [9.17, 15) is 22.8 Å². The Hall–Kier alpha value is -2.82. The summed E-state index contributed by atoms with van der Waals surface area (Å²) >= 11 is 2.88. The van der Waals surface area contributed by atoms with Gasteiger partial charge in [0.05, 0.1) is 11.1 Å². The van der Waals surface area contributed by atoms with Gasteiger partial charge in [0.1, 0.15) is 11.4 Å². The van der Waals surface area contributed by atoms with Gasteiger partial charge in [0, 0.05) is 42.0 Å². The number of aromatic nitrogens is 1. The molecular formula is C23H26BrF3N4O3. The Labute approximate surface area is 204 Å². The molecule has 2 heterocycles. The number of anilines is 2. The number of nitrogens with zero attached hydrogens (tertiary/aromatic N) is 3. The van der Waals surface area contributed by atoms with Crippen molar-refractivity contribution in [2.24, 2.45) is 0 Å². The minimum Gasteiger partial charge on any atom is -0.444 e. The van der Waals surface area contributed by atoms with E-state index in [1.165, 1.54) is 18.3 Å². The molecule has 11 heteroatoms. The van der Waals surface area contributed by atoms with Crippen molar-refractivity contribution in [3.8, 4) is 0 Å². The van der Waals surface area contributed by atoms with Crippen LogP contribution in [0.3, 0.4) is 0 Å². The summed E-state index contributed by atoms with van der Waals surface area (Å²) in [6, 6.07) is 6.70. The predicted octanol–water partition coefficient (Wildman–Crippen LogP) is 5.56. The number of nitrogens with one attached hydrogen (secondary N) is 1. The van der Waals surface area contributed by atoms with Crippen LogP contribution in [-0.2, 0) is 10.9 Å². The number of ether oxygens (including phenoxy) is 1. The molecule has 184 valence electrons. The molecule has 7 nitrogen and oxygen atoms in total. The average molecular weight is 543 g/mol. The molecule has 0 aliphatic carbocycles. The number of carbonyl (C=O) groups is 2. The monoisotopic (exact) mass is 542 g/mol. The normalized spacial score (nSPS) is 16.9. The number of rotatable bonds is 3. The van der Waals surface area contributed by atoms with Gasteiger partial charge in [0.2, 0.25) is 0 Å². The Balaban J connectivity index is 1.64. The molecule has 34 heavy (non-hydrogen) atoms. The largest absolute Gasteiger partial charge is 0.444 e. The van der Waals surface area contributed by atoms with E-state index in [0.717, 1.165) is 6.07 Å². The Bertz CT molecular complexity index is 1050. The Morgan fingerprint density at radius 2 is 1.85 bits per heavy atom. The van der Waals surface area contributed by atoms with Crippen LogP contribution < -0.4 is 10.2 Å². The second kappa shape index (κ2) is 9.81. The summed E-state index contributed by atoms with van der Waals surface area (Å²) in [5, 5.41) is 2.47. The molecule has 2 aromatic rings. The third kappa shape index (κ3) is 6.40. The number of carbonyl (C=O) groups excluding carboxylic acids is 2. The number of amides is 2. The van der Waals surface area contributed by atoms with Crippen LogP contribution in [0.5, 0.6) is 0 Å². The fourth-order valence-electron chi connectivity index (χ4n) is 3.50. The summed E-state index contributed by atoms with van der Waals surface area (Å²) in [5.74, 6) is 0.0631. The van der Waals surface area contributed by atoms with E-state index in [1.807, 2.05) is 32.6 Å². The van der Waals surface area contributed by atoms with E-state index < -0.39 is 23.2 Å². The zero-order valence-corrected chi connectivity index (χ0v) is 20.8. The summed E-state index contributed by atoms with van der Waals surface area (Å²) < 4.78 is 44.6. The molecule has 1 saturated heterocycles. The second-order valence-electron chi connectivity index (χ2n) is 9.02. The first-order valence-electron chi connectivity index (χ1n) is 10.6. The maximum absolute atomic E-state index is 13.1. The molecule has 1 aromatic carbocycles. The minimum atomic E-state index is -4.55. The van der Waals surface area contributed by atoms with Gasteiger partial charge in [0.25, 0.3) is 5.91 Å². The molecule has 3 rings (SSSR count). The van der Waals surface area contributed by atoms with Gasteiger partial charge in [-0.05, 0) is 58.0 Å². The van der Waals surface area contributed by atoms with Crippen molar-refractivity contribution in [3.05, 3.63) is 52.1 Å². The van der Waals surface area contributed by atoms with Crippen LogP contribution >= 0.6 is 15.9 Å². The number of halogens is 4. The number of pyridine rings is 1. The number of alkyl halides is 3. The molecule has 1 aliphatic rings. The van der Waals surface area contributed by atoms with Crippen LogP contribution in [0.2, 0.25) is 0 Å². The lowest BCUT2D eigenvalue weighted by molar-refractivity contribution is -0.138. The summed E-state index contributed by atoms with van der Waals surface area (Å²) in [6.45, 7) is 8.88. The molecule has 0 spiro atoms. The molecule has 1 unspecified atom stereocenters. The Kier molecular flexibility index (Phi) is 7.44. The van der Waals surface area contributed by atoms with Crippen molar-refractivity contribution in [3.63, 3.8) is 0 Å². The van der Waals surface area contributed by atoms with E-state index in [-0.39, 0.29) is 27.9 Å². The topological polar surface area (TPSA) is 74.8 Å². The van der Waals surface area contributed by atoms with Crippen molar-refractivity contribution >= 4 is 39.4 Å². The number of piperazine rings is 1. The zero-order chi connectivity index (χ0) is 25.3. The SMILES string of the molecule is CC1CN(C(=O)OC(C)(C)C)CCN1c1ccc(C(=O)Nc2ccc(Br)c(C(F)(F)F)c2)cn1. The van der Waals surface area contributed by atoms with Gasteiger partial charge in [-0.1, -0.05) is 15.9 Å². The van der Waals surface area contributed by atoms with Crippen LogP contribution in [0.1, 0.15) is 43.6 Å². The van der Waals surface area contributed by atoms with Crippen molar-refractivity contribution in [1.82, 2.24) is 9.88 Å². The van der Waals surface area contributed by atoms with Gasteiger partial charge in [0.15, 0.2) is 0 Å². The summed E-state index contributed by atoms with van der Waals surface area (Å²) in [6.07, 6.45) is -3.53. The van der Waals surface area contributed by atoms with Crippen LogP contribution in [0, 0.1) is 0 Å². The molecule has 1 atom stereocenters. The van der Waals surface area contributed by atoms with Crippen LogP contribution in [-0.4, -0.2) is 53.2 Å².